The lowest BCUT2D eigenvalue weighted by atomic mass is 10.0. The zero-order valence-electron chi connectivity index (χ0n) is 14.2. The normalized spacial score (nSPS) is 16.3. The number of hydrogen-bond acceptors (Lipinski definition) is 3. The molecule has 0 spiro atoms. The Morgan fingerprint density at radius 1 is 1.04 bits per heavy atom. The van der Waals surface area contributed by atoms with Crippen LogP contribution >= 0.6 is 0 Å². The second kappa shape index (κ2) is 7.45. The van der Waals surface area contributed by atoms with Crippen LogP contribution in [-0.2, 0) is 0 Å². The Morgan fingerprint density at radius 2 is 1.64 bits per heavy atom. The molecule has 1 aliphatic rings. The average molecular weight is 337 g/mol. The van der Waals surface area contributed by atoms with Crippen molar-refractivity contribution in [3.63, 3.8) is 0 Å². The maximum atomic E-state index is 13.0. The van der Waals surface area contributed by atoms with Crippen molar-refractivity contribution in [2.45, 2.75) is 13.0 Å². The van der Waals surface area contributed by atoms with E-state index in [0.29, 0.717) is 31.7 Å². The van der Waals surface area contributed by atoms with Gasteiger partial charge >= 0.3 is 0 Å². The minimum atomic E-state index is -0.351. The van der Waals surface area contributed by atoms with Crippen LogP contribution in [0.5, 0.6) is 0 Å². The summed E-state index contributed by atoms with van der Waals surface area (Å²) in [6.07, 6.45) is 0. The molecule has 128 valence electrons. The van der Waals surface area contributed by atoms with Crippen LogP contribution in [0, 0.1) is 24.1 Å². The SMILES string of the molecule is Cc1ccc(C(C#N)N2CCN(C(=O)c3ccc(F)cc3)CC2)cc1. The van der Waals surface area contributed by atoms with Gasteiger partial charge in [0.05, 0.1) is 6.07 Å². The fourth-order valence-corrected chi connectivity index (χ4v) is 3.07. The van der Waals surface area contributed by atoms with E-state index in [0.717, 1.165) is 11.1 Å². The van der Waals surface area contributed by atoms with Crippen molar-refractivity contribution in [3.05, 3.63) is 71.0 Å². The second-order valence-corrected chi connectivity index (χ2v) is 6.28. The molecule has 2 aromatic rings. The number of hydrogen-bond donors (Lipinski definition) is 0. The van der Waals surface area contributed by atoms with Gasteiger partial charge in [0.2, 0.25) is 0 Å². The molecule has 0 saturated carbocycles. The number of carbonyl (C=O) groups is 1. The third-order valence-corrected chi connectivity index (χ3v) is 4.57. The van der Waals surface area contributed by atoms with Gasteiger partial charge in [-0.05, 0) is 36.8 Å². The number of rotatable bonds is 3. The largest absolute Gasteiger partial charge is 0.336 e. The van der Waals surface area contributed by atoms with Crippen molar-refractivity contribution in [2.75, 3.05) is 26.2 Å². The molecule has 5 heteroatoms. The van der Waals surface area contributed by atoms with Crippen molar-refractivity contribution in [1.82, 2.24) is 9.80 Å². The molecular formula is C20H20FN3O. The van der Waals surface area contributed by atoms with Crippen molar-refractivity contribution < 1.29 is 9.18 Å². The summed E-state index contributed by atoms with van der Waals surface area (Å²) in [5, 5.41) is 9.57. The van der Waals surface area contributed by atoms with Crippen LogP contribution in [0.4, 0.5) is 4.39 Å². The van der Waals surface area contributed by atoms with E-state index in [-0.39, 0.29) is 17.8 Å². The smallest absolute Gasteiger partial charge is 0.253 e. The molecule has 0 bridgehead atoms. The predicted molar refractivity (Wildman–Crippen MR) is 93.4 cm³/mol. The highest BCUT2D eigenvalue weighted by Gasteiger charge is 2.27. The Morgan fingerprint density at radius 3 is 2.20 bits per heavy atom. The molecule has 4 nitrogen and oxygen atoms in total. The van der Waals surface area contributed by atoms with E-state index >= 15 is 0 Å². The van der Waals surface area contributed by atoms with E-state index < -0.39 is 0 Å². The molecule has 0 N–H and O–H groups in total. The number of amides is 1. The van der Waals surface area contributed by atoms with Gasteiger partial charge in [0.1, 0.15) is 11.9 Å². The van der Waals surface area contributed by atoms with Crippen LogP contribution in [-0.4, -0.2) is 41.9 Å². The van der Waals surface area contributed by atoms with Gasteiger partial charge in [-0.25, -0.2) is 4.39 Å². The molecule has 1 unspecified atom stereocenters. The molecule has 0 aromatic heterocycles. The van der Waals surface area contributed by atoms with Crippen LogP contribution in [0.15, 0.2) is 48.5 Å². The molecule has 3 rings (SSSR count). The zero-order valence-corrected chi connectivity index (χ0v) is 14.2. The molecule has 25 heavy (non-hydrogen) atoms. The first kappa shape index (κ1) is 17.1. The Balaban J connectivity index is 1.64. The Bertz CT molecular complexity index is 772. The molecule has 1 saturated heterocycles. The molecule has 1 heterocycles. The molecule has 1 atom stereocenters. The lowest BCUT2D eigenvalue weighted by Gasteiger charge is -2.37. The molecule has 2 aromatic carbocycles. The lowest BCUT2D eigenvalue weighted by Crippen LogP contribution is -2.49. The number of nitrogens with zero attached hydrogens (tertiary/aromatic N) is 3. The van der Waals surface area contributed by atoms with E-state index in [9.17, 15) is 14.4 Å². The van der Waals surface area contributed by atoms with Crippen molar-refractivity contribution >= 4 is 5.91 Å². The number of aryl methyl sites for hydroxylation is 1. The van der Waals surface area contributed by atoms with E-state index in [4.69, 9.17) is 0 Å². The number of piperazine rings is 1. The highest BCUT2D eigenvalue weighted by Crippen LogP contribution is 2.22. The highest BCUT2D eigenvalue weighted by atomic mass is 19.1. The quantitative estimate of drug-likeness (QED) is 0.864. The molecule has 1 aliphatic heterocycles. The second-order valence-electron chi connectivity index (χ2n) is 6.28. The first-order chi connectivity index (χ1) is 12.1. The van der Waals surface area contributed by atoms with Gasteiger partial charge in [-0.2, -0.15) is 5.26 Å². The third-order valence-electron chi connectivity index (χ3n) is 4.57. The number of nitriles is 1. The van der Waals surface area contributed by atoms with E-state index in [2.05, 4.69) is 11.0 Å². The summed E-state index contributed by atoms with van der Waals surface area (Å²) in [4.78, 5) is 16.3. The van der Waals surface area contributed by atoms with E-state index in [1.807, 2.05) is 31.2 Å². The topological polar surface area (TPSA) is 47.3 Å². The average Bonchev–Trinajstić information content (AvgIpc) is 2.64. The predicted octanol–water partition coefficient (Wildman–Crippen LogP) is 3.16. The summed E-state index contributed by atoms with van der Waals surface area (Å²) in [5.74, 6) is -0.445. The van der Waals surface area contributed by atoms with E-state index in [1.165, 1.54) is 24.3 Å². The molecule has 1 amide bonds. The number of halogens is 1. The van der Waals surface area contributed by atoms with Crippen LogP contribution in [0.1, 0.15) is 27.5 Å². The maximum Gasteiger partial charge on any atom is 0.253 e. The zero-order chi connectivity index (χ0) is 17.8. The van der Waals surface area contributed by atoms with Crippen LogP contribution in [0.3, 0.4) is 0 Å². The first-order valence-electron chi connectivity index (χ1n) is 8.33. The van der Waals surface area contributed by atoms with Crippen molar-refractivity contribution in [3.8, 4) is 6.07 Å². The minimum absolute atomic E-state index is 0.0940. The highest BCUT2D eigenvalue weighted by molar-refractivity contribution is 5.94. The molecule has 0 radical (unpaired) electrons. The summed E-state index contributed by atoms with van der Waals surface area (Å²) < 4.78 is 13.0. The summed E-state index contributed by atoms with van der Waals surface area (Å²) in [5.41, 5.74) is 2.63. The first-order valence-corrected chi connectivity index (χ1v) is 8.33. The fraction of sp³-hybridized carbons (Fsp3) is 0.300. The lowest BCUT2D eigenvalue weighted by molar-refractivity contribution is 0.0606. The van der Waals surface area contributed by atoms with Crippen LogP contribution in [0.25, 0.3) is 0 Å². The van der Waals surface area contributed by atoms with Gasteiger partial charge in [-0.15, -0.1) is 0 Å². The van der Waals surface area contributed by atoms with Gasteiger partial charge in [0, 0.05) is 31.7 Å². The number of carbonyl (C=O) groups excluding carboxylic acids is 1. The molecule has 1 fully saturated rings. The summed E-state index contributed by atoms with van der Waals surface area (Å²) >= 11 is 0. The third kappa shape index (κ3) is 3.86. The van der Waals surface area contributed by atoms with Crippen LogP contribution < -0.4 is 0 Å². The number of benzene rings is 2. The van der Waals surface area contributed by atoms with Gasteiger partial charge < -0.3 is 4.90 Å². The maximum absolute atomic E-state index is 13.0. The minimum Gasteiger partial charge on any atom is -0.336 e. The van der Waals surface area contributed by atoms with E-state index in [1.54, 1.807) is 4.90 Å². The van der Waals surface area contributed by atoms with Crippen molar-refractivity contribution in [1.29, 1.82) is 5.26 Å². The Hall–Kier alpha value is -2.71. The van der Waals surface area contributed by atoms with Gasteiger partial charge in [-0.3, -0.25) is 9.69 Å². The Labute approximate surface area is 147 Å². The molecular weight excluding hydrogens is 317 g/mol. The summed E-state index contributed by atoms with van der Waals surface area (Å²) in [7, 11) is 0. The van der Waals surface area contributed by atoms with Gasteiger partial charge in [-0.1, -0.05) is 29.8 Å². The molecule has 0 aliphatic carbocycles. The summed E-state index contributed by atoms with van der Waals surface area (Å²) in [6, 6.07) is 15.7. The van der Waals surface area contributed by atoms with Crippen molar-refractivity contribution in [2.24, 2.45) is 0 Å². The summed E-state index contributed by atoms with van der Waals surface area (Å²) in [6.45, 7) is 4.41. The van der Waals surface area contributed by atoms with Gasteiger partial charge in [0.25, 0.3) is 5.91 Å². The van der Waals surface area contributed by atoms with Gasteiger partial charge in [0.15, 0.2) is 0 Å². The standard InChI is InChI=1S/C20H20FN3O/c1-15-2-4-16(5-3-15)19(14-22)23-10-12-24(13-11-23)20(25)17-6-8-18(21)9-7-17/h2-9,19H,10-13H2,1H3. The van der Waals surface area contributed by atoms with Crippen LogP contribution in [0.2, 0.25) is 0 Å². The fourth-order valence-electron chi connectivity index (χ4n) is 3.07. The Kier molecular flexibility index (Phi) is 5.11. The monoisotopic (exact) mass is 337 g/mol.